The first-order chi connectivity index (χ1) is 5.04. The first kappa shape index (κ1) is 8.94. The zero-order valence-corrected chi connectivity index (χ0v) is 7.93. The first-order valence-electron chi connectivity index (χ1n) is 2.83. The molecule has 60 valence electrons. The standard InChI is InChI=1S/C7H4BrClF2/c1-3-2-4(10)7(11)5(8)6(3)9/h2H,1H3. The van der Waals surface area contributed by atoms with Crippen LogP contribution in [0.3, 0.4) is 0 Å². The van der Waals surface area contributed by atoms with E-state index in [4.69, 9.17) is 11.6 Å². The van der Waals surface area contributed by atoms with E-state index in [1.54, 1.807) is 6.92 Å². The van der Waals surface area contributed by atoms with Gasteiger partial charge in [-0.05, 0) is 34.5 Å². The van der Waals surface area contributed by atoms with E-state index in [9.17, 15) is 8.78 Å². The van der Waals surface area contributed by atoms with Crippen LogP contribution in [0.1, 0.15) is 5.56 Å². The zero-order chi connectivity index (χ0) is 8.59. The molecule has 11 heavy (non-hydrogen) atoms. The minimum atomic E-state index is -0.944. The summed E-state index contributed by atoms with van der Waals surface area (Å²) in [5, 5.41) is 0.212. The predicted molar refractivity (Wildman–Crippen MR) is 43.8 cm³/mol. The van der Waals surface area contributed by atoms with Crippen LogP contribution in [0.25, 0.3) is 0 Å². The molecular formula is C7H4BrClF2. The topological polar surface area (TPSA) is 0 Å². The SMILES string of the molecule is Cc1cc(F)c(F)c(Br)c1Cl. The Kier molecular flexibility index (Phi) is 2.50. The van der Waals surface area contributed by atoms with Gasteiger partial charge in [-0.1, -0.05) is 11.6 Å². The van der Waals surface area contributed by atoms with Crippen LogP contribution in [0.2, 0.25) is 5.02 Å². The summed E-state index contributed by atoms with van der Waals surface area (Å²) >= 11 is 8.44. The lowest BCUT2D eigenvalue weighted by atomic mass is 10.2. The summed E-state index contributed by atoms with van der Waals surface area (Å²) in [5.74, 6) is -1.83. The van der Waals surface area contributed by atoms with Crippen molar-refractivity contribution in [2.24, 2.45) is 0 Å². The molecule has 0 aliphatic heterocycles. The van der Waals surface area contributed by atoms with E-state index in [1.165, 1.54) is 0 Å². The summed E-state index contributed by atoms with van der Waals surface area (Å²) in [6, 6.07) is 1.06. The highest BCUT2D eigenvalue weighted by molar-refractivity contribution is 9.10. The van der Waals surface area contributed by atoms with Crippen molar-refractivity contribution >= 4 is 27.5 Å². The first-order valence-corrected chi connectivity index (χ1v) is 4.00. The second-order valence-corrected chi connectivity index (χ2v) is 3.29. The van der Waals surface area contributed by atoms with Gasteiger partial charge in [-0.25, -0.2) is 8.78 Å². The van der Waals surface area contributed by atoms with E-state index in [0.29, 0.717) is 5.56 Å². The molecule has 0 saturated carbocycles. The van der Waals surface area contributed by atoms with E-state index < -0.39 is 11.6 Å². The summed E-state index contributed by atoms with van der Waals surface area (Å²) in [6.45, 7) is 1.61. The Bertz CT molecular complexity index is 273. The molecule has 0 amide bonds. The molecule has 0 aliphatic rings. The van der Waals surface area contributed by atoms with Gasteiger partial charge in [0.05, 0.1) is 9.50 Å². The number of hydrogen-bond acceptors (Lipinski definition) is 0. The average molecular weight is 241 g/mol. The third-order valence-electron chi connectivity index (χ3n) is 1.28. The second-order valence-electron chi connectivity index (χ2n) is 2.12. The highest BCUT2D eigenvalue weighted by atomic mass is 79.9. The van der Waals surface area contributed by atoms with E-state index >= 15 is 0 Å². The number of aryl methyl sites for hydroxylation is 1. The minimum Gasteiger partial charge on any atom is -0.204 e. The molecule has 0 atom stereocenters. The van der Waals surface area contributed by atoms with Crippen LogP contribution in [-0.2, 0) is 0 Å². The van der Waals surface area contributed by atoms with E-state index in [1.807, 2.05) is 0 Å². The number of benzene rings is 1. The van der Waals surface area contributed by atoms with Crippen LogP contribution in [0.4, 0.5) is 8.78 Å². The summed E-state index contributed by atoms with van der Waals surface area (Å²) in [7, 11) is 0. The van der Waals surface area contributed by atoms with Gasteiger partial charge in [-0.2, -0.15) is 0 Å². The highest BCUT2D eigenvalue weighted by Crippen LogP contribution is 2.30. The fourth-order valence-corrected chi connectivity index (χ4v) is 1.33. The van der Waals surface area contributed by atoms with Crippen molar-refractivity contribution in [2.75, 3.05) is 0 Å². The molecule has 0 unspecified atom stereocenters. The van der Waals surface area contributed by atoms with E-state index in [-0.39, 0.29) is 9.50 Å². The van der Waals surface area contributed by atoms with Crippen molar-refractivity contribution in [1.82, 2.24) is 0 Å². The fourth-order valence-electron chi connectivity index (χ4n) is 0.691. The van der Waals surface area contributed by atoms with Gasteiger partial charge in [0, 0.05) is 0 Å². The van der Waals surface area contributed by atoms with Crippen LogP contribution >= 0.6 is 27.5 Å². The zero-order valence-electron chi connectivity index (χ0n) is 5.59. The lowest BCUT2D eigenvalue weighted by molar-refractivity contribution is 0.503. The molecule has 0 heterocycles. The van der Waals surface area contributed by atoms with E-state index in [2.05, 4.69) is 15.9 Å². The van der Waals surface area contributed by atoms with Gasteiger partial charge in [0.1, 0.15) is 0 Å². The summed E-state index contributed by atoms with van der Waals surface area (Å²) < 4.78 is 25.2. The maximum Gasteiger partial charge on any atom is 0.174 e. The molecule has 0 saturated heterocycles. The highest BCUT2D eigenvalue weighted by Gasteiger charge is 2.12. The Morgan fingerprint density at radius 2 is 2.00 bits per heavy atom. The van der Waals surface area contributed by atoms with Gasteiger partial charge in [0.2, 0.25) is 0 Å². The predicted octanol–water partition coefficient (Wildman–Crippen LogP) is 3.69. The molecule has 0 nitrogen and oxygen atoms in total. The number of hydrogen-bond donors (Lipinski definition) is 0. The second kappa shape index (κ2) is 3.07. The van der Waals surface area contributed by atoms with Crippen molar-refractivity contribution < 1.29 is 8.78 Å². The maximum atomic E-state index is 12.7. The molecular weight excluding hydrogens is 237 g/mol. The monoisotopic (exact) mass is 240 g/mol. The number of rotatable bonds is 0. The quantitative estimate of drug-likeness (QED) is 0.480. The molecule has 1 aromatic carbocycles. The van der Waals surface area contributed by atoms with Crippen molar-refractivity contribution in [2.45, 2.75) is 6.92 Å². The van der Waals surface area contributed by atoms with Crippen LogP contribution in [0.15, 0.2) is 10.5 Å². The van der Waals surface area contributed by atoms with Gasteiger partial charge in [-0.15, -0.1) is 0 Å². The molecule has 0 aliphatic carbocycles. The lowest BCUT2D eigenvalue weighted by Crippen LogP contribution is -1.89. The molecule has 1 rings (SSSR count). The molecule has 1 aromatic rings. The fraction of sp³-hybridized carbons (Fsp3) is 0.143. The van der Waals surface area contributed by atoms with Crippen LogP contribution < -0.4 is 0 Å². The van der Waals surface area contributed by atoms with Crippen molar-refractivity contribution in [3.8, 4) is 0 Å². The van der Waals surface area contributed by atoms with Crippen molar-refractivity contribution in [3.05, 3.63) is 32.8 Å². The summed E-state index contributed by atoms with van der Waals surface area (Å²) in [5.41, 5.74) is 0.512. The molecule has 0 fully saturated rings. The Morgan fingerprint density at radius 1 is 1.45 bits per heavy atom. The largest absolute Gasteiger partial charge is 0.204 e. The van der Waals surface area contributed by atoms with Crippen molar-refractivity contribution in [1.29, 1.82) is 0 Å². The number of halogens is 4. The van der Waals surface area contributed by atoms with Crippen LogP contribution in [0, 0.1) is 18.6 Å². The third kappa shape index (κ3) is 1.54. The Balaban J connectivity index is 3.46. The molecule has 0 N–H and O–H groups in total. The minimum absolute atomic E-state index is 0.0170. The summed E-state index contributed by atoms with van der Waals surface area (Å²) in [4.78, 5) is 0. The van der Waals surface area contributed by atoms with Gasteiger partial charge in [-0.3, -0.25) is 0 Å². The molecule has 0 spiro atoms. The van der Waals surface area contributed by atoms with Gasteiger partial charge < -0.3 is 0 Å². The molecule has 4 heteroatoms. The summed E-state index contributed by atoms with van der Waals surface area (Å²) in [6.07, 6.45) is 0. The molecule has 0 bridgehead atoms. The van der Waals surface area contributed by atoms with Crippen LogP contribution in [0.5, 0.6) is 0 Å². The Labute approximate surface area is 76.3 Å². The normalized spacial score (nSPS) is 10.3. The third-order valence-corrected chi connectivity index (χ3v) is 2.74. The molecule has 0 aromatic heterocycles. The average Bonchev–Trinajstić information content (AvgIpc) is 1.97. The smallest absolute Gasteiger partial charge is 0.174 e. The Hall–Kier alpha value is -0.150. The van der Waals surface area contributed by atoms with Gasteiger partial charge in [0.15, 0.2) is 11.6 Å². The Morgan fingerprint density at radius 3 is 2.55 bits per heavy atom. The van der Waals surface area contributed by atoms with Crippen LogP contribution in [-0.4, -0.2) is 0 Å². The van der Waals surface area contributed by atoms with E-state index in [0.717, 1.165) is 6.07 Å². The lowest BCUT2D eigenvalue weighted by Gasteiger charge is -2.02. The molecule has 0 radical (unpaired) electrons. The van der Waals surface area contributed by atoms with Gasteiger partial charge >= 0.3 is 0 Å². The van der Waals surface area contributed by atoms with Crippen molar-refractivity contribution in [3.63, 3.8) is 0 Å². The van der Waals surface area contributed by atoms with Gasteiger partial charge in [0.25, 0.3) is 0 Å². The maximum absolute atomic E-state index is 12.7.